The molecule has 1 aromatic carbocycles. The second-order valence-electron chi connectivity index (χ2n) is 6.39. The van der Waals surface area contributed by atoms with Crippen LogP contribution in [0.15, 0.2) is 24.3 Å². The van der Waals surface area contributed by atoms with Crippen LogP contribution >= 0.6 is 0 Å². The highest BCUT2D eigenvalue weighted by Crippen LogP contribution is 2.29. The van der Waals surface area contributed by atoms with Crippen molar-refractivity contribution in [2.75, 3.05) is 24.7 Å². The highest BCUT2D eigenvalue weighted by Gasteiger charge is 2.28. The Morgan fingerprint density at radius 2 is 2.09 bits per heavy atom. The molecule has 6 heteroatoms. The van der Waals surface area contributed by atoms with Crippen LogP contribution in [-0.4, -0.2) is 40.6 Å². The van der Waals surface area contributed by atoms with Gasteiger partial charge in [-0.05, 0) is 19.4 Å². The van der Waals surface area contributed by atoms with Crippen LogP contribution in [0.25, 0.3) is 0 Å². The van der Waals surface area contributed by atoms with Crippen molar-refractivity contribution < 1.29 is 9.47 Å². The van der Waals surface area contributed by atoms with Gasteiger partial charge in [-0.2, -0.15) is 0 Å². The maximum absolute atomic E-state index is 6.04. The summed E-state index contributed by atoms with van der Waals surface area (Å²) in [6, 6.07) is 8.21. The summed E-state index contributed by atoms with van der Waals surface area (Å²) in [4.78, 5) is 2.25. The van der Waals surface area contributed by atoms with Crippen molar-refractivity contribution in [2.45, 2.75) is 31.9 Å². The molecule has 6 nitrogen and oxygen atoms in total. The first-order chi connectivity index (χ1) is 11.2. The van der Waals surface area contributed by atoms with E-state index in [2.05, 4.69) is 32.7 Å². The van der Waals surface area contributed by atoms with Gasteiger partial charge in [0.05, 0.1) is 13.2 Å². The lowest BCUT2D eigenvalue weighted by Gasteiger charge is -2.23. The SMILES string of the molecule is CC1CN(c2nnc(C3CCOC3)n2C)Cc2ccccc2O1. The number of rotatable bonds is 2. The molecule has 2 aliphatic rings. The van der Waals surface area contributed by atoms with E-state index in [0.717, 1.165) is 50.2 Å². The average molecular weight is 314 g/mol. The van der Waals surface area contributed by atoms with Crippen LogP contribution in [0.2, 0.25) is 0 Å². The lowest BCUT2D eigenvalue weighted by Crippen LogP contribution is -2.32. The molecule has 2 atom stereocenters. The van der Waals surface area contributed by atoms with Crippen molar-refractivity contribution in [1.29, 1.82) is 0 Å². The Labute approximate surface area is 136 Å². The van der Waals surface area contributed by atoms with E-state index in [9.17, 15) is 0 Å². The number of hydrogen-bond donors (Lipinski definition) is 0. The molecule has 0 N–H and O–H groups in total. The second-order valence-corrected chi connectivity index (χ2v) is 6.39. The molecule has 1 aromatic heterocycles. The molecule has 4 rings (SSSR count). The molecule has 0 saturated carbocycles. The van der Waals surface area contributed by atoms with Gasteiger partial charge < -0.3 is 18.9 Å². The van der Waals surface area contributed by atoms with Crippen LogP contribution in [-0.2, 0) is 18.3 Å². The summed E-state index contributed by atoms with van der Waals surface area (Å²) in [7, 11) is 2.05. The van der Waals surface area contributed by atoms with Gasteiger partial charge in [0.1, 0.15) is 17.7 Å². The Kier molecular flexibility index (Phi) is 3.69. The summed E-state index contributed by atoms with van der Waals surface area (Å²) in [5.41, 5.74) is 1.19. The summed E-state index contributed by atoms with van der Waals surface area (Å²) in [6.07, 6.45) is 1.13. The summed E-state index contributed by atoms with van der Waals surface area (Å²) >= 11 is 0. The smallest absolute Gasteiger partial charge is 0.227 e. The summed E-state index contributed by atoms with van der Waals surface area (Å²) < 4.78 is 13.6. The van der Waals surface area contributed by atoms with Gasteiger partial charge in [-0.15, -0.1) is 10.2 Å². The molecule has 0 aliphatic carbocycles. The molecule has 2 aliphatic heterocycles. The number of benzene rings is 1. The van der Waals surface area contributed by atoms with Crippen LogP contribution < -0.4 is 9.64 Å². The van der Waals surface area contributed by atoms with Crippen molar-refractivity contribution in [3.63, 3.8) is 0 Å². The molecule has 23 heavy (non-hydrogen) atoms. The topological polar surface area (TPSA) is 52.4 Å². The third-order valence-corrected chi connectivity index (χ3v) is 4.60. The molecule has 3 heterocycles. The van der Waals surface area contributed by atoms with Gasteiger partial charge in [0.25, 0.3) is 0 Å². The lowest BCUT2D eigenvalue weighted by atomic mass is 10.1. The Morgan fingerprint density at radius 3 is 2.91 bits per heavy atom. The van der Waals surface area contributed by atoms with Gasteiger partial charge in [0.2, 0.25) is 5.95 Å². The number of fused-ring (bicyclic) bond motifs is 1. The predicted molar refractivity (Wildman–Crippen MR) is 86.8 cm³/mol. The third kappa shape index (κ3) is 2.67. The largest absolute Gasteiger partial charge is 0.489 e. The first-order valence-corrected chi connectivity index (χ1v) is 8.19. The van der Waals surface area contributed by atoms with Gasteiger partial charge in [-0.3, -0.25) is 0 Å². The zero-order valence-corrected chi connectivity index (χ0v) is 13.6. The molecule has 0 radical (unpaired) electrons. The van der Waals surface area contributed by atoms with E-state index >= 15 is 0 Å². The van der Waals surface area contributed by atoms with Gasteiger partial charge in [-0.25, -0.2) is 0 Å². The van der Waals surface area contributed by atoms with Crippen molar-refractivity contribution in [1.82, 2.24) is 14.8 Å². The van der Waals surface area contributed by atoms with Gasteiger partial charge in [0, 0.05) is 31.7 Å². The number of aromatic nitrogens is 3. The number of para-hydroxylation sites is 1. The van der Waals surface area contributed by atoms with Crippen LogP contribution in [0.1, 0.15) is 30.7 Å². The molecule has 0 bridgehead atoms. The minimum atomic E-state index is 0.105. The van der Waals surface area contributed by atoms with Gasteiger partial charge >= 0.3 is 0 Å². The molecular weight excluding hydrogens is 292 g/mol. The Hall–Kier alpha value is -2.08. The molecular formula is C17H22N4O2. The van der Waals surface area contributed by atoms with E-state index in [-0.39, 0.29) is 6.10 Å². The first kappa shape index (κ1) is 14.5. The van der Waals surface area contributed by atoms with Crippen molar-refractivity contribution in [3.05, 3.63) is 35.7 Å². The highest BCUT2D eigenvalue weighted by molar-refractivity contribution is 5.41. The van der Waals surface area contributed by atoms with E-state index in [1.807, 2.05) is 25.2 Å². The maximum Gasteiger partial charge on any atom is 0.227 e. The third-order valence-electron chi connectivity index (χ3n) is 4.60. The molecule has 0 amide bonds. The maximum atomic E-state index is 6.04. The minimum Gasteiger partial charge on any atom is -0.489 e. The quantitative estimate of drug-likeness (QED) is 0.850. The highest BCUT2D eigenvalue weighted by atomic mass is 16.5. The van der Waals surface area contributed by atoms with Crippen molar-refractivity contribution >= 4 is 5.95 Å². The minimum absolute atomic E-state index is 0.105. The fourth-order valence-corrected chi connectivity index (χ4v) is 3.44. The molecule has 2 aromatic rings. The standard InChI is InChI=1S/C17H22N4O2/c1-12-9-21(10-13-5-3-4-6-15(13)23-12)17-19-18-16(20(17)2)14-7-8-22-11-14/h3-6,12,14H,7-11H2,1-2H3. The van der Waals surface area contributed by atoms with Crippen LogP contribution in [0.4, 0.5) is 5.95 Å². The monoisotopic (exact) mass is 314 g/mol. The number of hydrogen-bond acceptors (Lipinski definition) is 5. The van der Waals surface area contributed by atoms with Crippen molar-refractivity contribution in [3.8, 4) is 5.75 Å². The Bertz CT molecular complexity index is 694. The average Bonchev–Trinajstić information content (AvgIpc) is 3.14. The van der Waals surface area contributed by atoms with Crippen LogP contribution in [0.5, 0.6) is 5.75 Å². The fourth-order valence-electron chi connectivity index (χ4n) is 3.44. The van der Waals surface area contributed by atoms with Gasteiger partial charge in [0.15, 0.2) is 0 Å². The summed E-state index contributed by atoms with van der Waals surface area (Å²) in [5, 5.41) is 8.90. The van der Waals surface area contributed by atoms with E-state index in [0.29, 0.717) is 5.92 Å². The molecule has 122 valence electrons. The molecule has 1 saturated heterocycles. The zero-order chi connectivity index (χ0) is 15.8. The number of anilines is 1. The van der Waals surface area contributed by atoms with Crippen molar-refractivity contribution in [2.24, 2.45) is 7.05 Å². The van der Waals surface area contributed by atoms with E-state index in [1.165, 1.54) is 5.56 Å². The van der Waals surface area contributed by atoms with Gasteiger partial charge in [-0.1, -0.05) is 18.2 Å². The lowest BCUT2D eigenvalue weighted by molar-refractivity contribution is 0.192. The van der Waals surface area contributed by atoms with E-state index < -0.39 is 0 Å². The number of nitrogens with zero attached hydrogens (tertiary/aromatic N) is 4. The fraction of sp³-hybridized carbons (Fsp3) is 0.529. The summed E-state index contributed by atoms with van der Waals surface area (Å²) in [5.74, 6) is 3.24. The number of ether oxygens (including phenoxy) is 2. The second kappa shape index (κ2) is 5.85. The van der Waals surface area contributed by atoms with E-state index in [1.54, 1.807) is 0 Å². The zero-order valence-electron chi connectivity index (χ0n) is 13.6. The van der Waals surface area contributed by atoms with Crippen LogP contribution in [0.3, 0.4) is 0 Å². The van der Waals surface area contributed by atoms with Crippen LogP contribution in [0, 0.1) is 0 Å². The molecule has 0 spiro atoms. The molecule has 2 unspecified atom stereocenters. The Morgan fingerprint density at radius 1 is 1.22 bits per heavy atom. The predicted octanol–water partition coefficient (Wildman–Crippen LogP) is 2.11. The normalized spacial score (nSPS) is 24.2. The van der Waals surface area contributed by atoms with E-state index in [4.69, 9.17) is 9.47 Å². The Balaban J connectivity index is 1.65. The molecule has 1 fully saturated rings. The first-order valence-electron chi connectivity index (χ1n) is 8.19. The summed E-state index contributed by atoms with van der Waals surface area (Å²) in [6.45, 7) is 5.23.